The van der Waals surface area contributed by atoms with E-state index in [1.807, 2.05) is 69.3 Å². The van der Waals surface area contributed by atoms with Crippen LogP contribution in [0.25, 0.3) is 0 Å². The van der Waals surface area contributed by atoms with Crippen LogP contribution in [0.4, 0.5) is 10.5 Å². The number of aliphatic hydroxyl groups is 1. The zero-order valence-electron chi connectivity index (χ0n) is 21.1. The highest BCUT2D eigenvalue weighted by atomic mass is 16.5. The van der Waals surface area contributed by atoms with Crippen LogP contribution in [0.3, 0.4) is 0 Å². The summed E-state index contributed by atoms with van der Waals surface area (Å²) in [6.45, 7) is 5.75. The Balaban J connectivity index is 1.64. The second-order valence-corrected chi connectivity index (χ2v) is 9.18. The molecule has 4 rings (SSSR count). The summed E-state index contributed by atoms with van der Waals surface area (Å²) in [6, 6.07) is 19.1. The van der Waals surface area contributed by atoms with Crippen molar-refractivity contribution in [1.82, 2.24) is 10.2 Å². The fourth-order valence-corrected chi connectivity index (χ4v) is 4.57. The van der Waals surface area contributed by atoms with E-state index in [1.54, 1.807) is 24.3 Å². The minimum Gasteiger partial charge on any atom is -0.491 e. The molecule has 3 atom stereocenters. The summed E-state index contributed by atoms with van der Waals surface area (Å²) in [7, 11) is 0. The summed E-state index contributed by atoms with van der Waals surface area (Å²) in [5.74, 6) is -0.873. The van der Waals surface area contributed by atoms with E-state index >= 15 is 0 Å². The number of aryl methyl sites for hydroxylation is 2. The number of carbonyl (C=O) groups is 3. The lowest BCUT2D eigenvalue weighted by Crippen LogP contribution is -2.50. The summed E-state index contributed by atoms with van der Waals surface area (Å²) in [5, 5.41) is 14.6. The maximum Gasteiger partial charge on any atom is 0.325 e. The Morgan fingerprint density at radius 1 is 1.05 bits per heavy atom. The van der Waals surface area contributed by atoms with Crippen molar-refractivity contribution in [1.29, 1.82) is 0 Å². The molecule has 2 unspecified atom stereocenters. The predicted molar refractivity (Wildman–Crippen MR) is 140 cm³/mol. The zero-order chi connectivity index (χ0) is 26.5. The Morgan fingerprint density at radius 3 is 2.41 bits per heavy atom. The van der Waals surface area contributed by atoms with E-state index in [-0.39, 0.29) is 13.2 Å². The van der Waals surface area contributed by atoms with Crippen molar-refractivity contribution < 1.29 is 24.2 Å². The van der Waals surface area contributed by atoms with Crippen molar-refractivity contribution in [2.24, 2.45) is 0 Å². The number of nitrogens with zero attached hydrogens (tertiary/aromatic N) is 1. The van der Waals surface area contributed by atoms with Crippen LogP contribution in [0.5, 0.6) is 5.75 Å². The standard InChI is InChI=1S/C29H31N3O5/c1-18-9-14-24(19(2)17-18)30-27(34)26(20(3)21-7-5-4-6-8-21)32-28(35)25(31-29(32)36)22-10-12-23(13-11-22)37-16-15-33/h4-14,17,20,25-26,33H,15-16H2,1-3H3,(H,30,34)(H,31,36)/t20?,25-,26?/m1/s1. The molecule has 8 heteroatoms. The summed E-state index contributed by atoms with van der Waals surface area (Å²) in [5.41, 5.74) is 3.98. The number of rotatable bonds is 9. The molecule has 3 aromatic carbocycles. The lowest BCUT2D eigenvalue weighted by atomic mass is 9.91. The number of aliphatic hydroxyl groups excluding tert-OH is 1. The first kappa shape index (κ1) is 25.9. The van der Waals surface area contributed by atoms with Crippen molar-refractivity contribution in [3.8, 4) is 5.75 Å². The van der Waals surface area contributed by atoms with E-state index in [1.165, 1.54) is 0 Å². The molecular formula is C29H31N3O5. The number of imide groups is 1. The summed E-state index contributed by atoms with van der Waals surface area (Å²) in [6.07, 6.45) is 0. The van der Waals surface area contributed by atoms with Crippen LogP contribution in [-0.2, 0) is 9.59 Å². The second kappa shape index (κ2) is 11.3. The van der Waals surface area contributed by atoms with E-state index in [2.05, 4.69) is 10.6 Å². The number of ether oxygens (including phenoxy) is 1. The molecule has 1 fully saturated rings. The predicted octanol–water partition coefficient (Wildman–Crippen LogP) is 4.08. The monoisotopic (exact) mass is 501 g/mol. The fourth-order valence-electron chi connectivity index (χ4n) is 4.57. The van der Waals surface area contributed by atoms with Gasteiger partial charge in [-0.05, 0) is 48.7 Å². The molecule has 1 saturated heterocycles. The Hall–Kier alpha value is -4.17. The maximum atomic E-state index is 13.7. The van der Waals surface area contributed by atoms with Crippen LogP contribution in [0.2, 0.25) is 0 Å². The maximum absolute atomic E-state index is 13.7. The summed E-state index contributed by atoms with van der Waals surface area (Å²) < 4.78 is 5.38. The van der Waals surface area contributed by atoms with Crippen molar-refractivity contribution in [3.63, 3.8) is 0 Å². The minimum absolute atomic E-state index is 0.112. The highest BCUT2D eigenvalue weighted by Gasteiger charge is 2.47. The molecule has 192 valence electrons. The van der Waals surface area contributed by atoms with Gasteiger partial charge in [0.2, 0.25) is 5.91 Å². The molecule has 0 saturated carbocycles. The smallest absolute Gasteiger partial charge is 0.325 e. The molecular weight excluding hydrogens is 470 g/mol. The lowest BCUT2D eigenvalue weighted by Gasteiger charge is -2.30. The van der Waals surface area contributed by atoms with E-state index in [0.29, 0.717) is 17.0 Å². The van der Waals surface area contributed by atoms with Crippen molar-refractivity contribution >= 4 is 23.5 Å². The van der Waals surface area contributed by atoms with Crippen molar-refractivity contribution in [2.45, 2.75) is 38.8 Å². The van der Waals surface area contributed by atoms with Gasteiger partial charge in [-0.1, -0.05) is 67.1 Å². The quantitative estimate of drug-likeness (QED) is 0.383. The van der Waals surface area contributed by atoms with Crippen molar-refractivity contribution in [3.05, 3.63) is 95.1 Å². The van der Waals surface area contributed by atoms with Gasteiger partial charge in [-0.25, -0.2) is 9.69 Å². The Morgan fingerprint density at radius 2 is 1.76 bits per heavy atom. The summed E-state index contributed by atoms with van der Waals surface area (Å²) in [4.78, 5) is 41.5. The molecule has 4 amide bonds. The van der Waals surface area contributed by atoms with Gasteiger partial charge >= 0.3 is 6.03 Å². The van der Waals surface area contributed by atoms with Gasteiger partial charge in [0, 0.05) is 11.6 Å². The molecule has 1 heterocycles. The van der Waals surface area contributed by atoms with Crippen LogP contribution in [-0.4, -0.2) is 47.1 Å². The third-order valence-electron chi connectivity index (χ3n) is 6.53. The molecule has 3 N–H and O–H groups in total. The fraction of sp³-hybridized carbons (Fsp3) is 0.276. The number of urea groups is 1. The molecule has 1 aliphatic rings. The Kier molecular flexibility index (Phi) is 7.89. The first-order valence-corrected chi connectivity index (χ1v) is 12.2. The molecule has 0 aromatic heterocycles. The topological polar surface area (TPSA) is 108 Å². The third kappa shape index (κ3) is 5.65. The molecule has 37 heavy (non-hydrogen) atoms. The lowest BCUT2D eigenvalue weighted by molar-refractivity contribution is -0.134. The number of amides is 4. The summed E-state index contributed by atoms with van der Waals surface area (Å²) >= 11 is 0. The zero-order valence-corrected chi connectivity index (χ0v) is 21.1. The number of benzene rings is 3. The number of hydrogen-bond acceptors (Lipinski definition) is 5. The van der Waals surface area contributed by atoms with Crippen LogP contribution in [0.15, 0.2) is 72.8 Å². The first-order chi connectivity index (χ1) is 17.8. The van der Waals surface area contributed by atoms with Gasteiger partial charge in [0.15, 0.2) is 0 Å². The molecule has 3 aromatic rings. The molecule has 0 radical (unpaired) electrons. The third-order valence-corrected chi connectivity index (χ3v) is 6.53. The van der Waals surface area contributed by atoms with Crippen molar-refractivity contribution in [2.75, 3.05) is 18.5 Å². The van der Waals surface area contributed by atoms with Gasteiger partial charge in [0.25, 0.3) is 5.91 Å². The van der Waals surface area contributed by atoms with E-state index in [9.17, 15) is 14.4 Å². The van der Waals surface area contributed by atoms with Crippen LogP contribution < -0.4 is 15.4 Å². The molecule has 0 bridgehead atoms. The van der Waals surface area contributed by atoms with Gasteiger partial charge in [-0.15, -0.1) is 0 Å². The highest BCUT2D eigenvalue weighted by Crippen LogP contribution is 2.32. The highest BCUT2D eigenvalue weighted by molar-refractivity contribution is 6.10. The minimum atomic E-state index is -1.08. The van der Waals surface area contributed by atoms with Gasteiger partial charge in [-0.2, -0.15) is 0 Å². The Bertz CT molecular complexity index is 1280. The normalized spacial score (nSPS) is 16.8. The average Bonchev–Trinajstić information content (AvgIpc) is 3.19. The van der Waals surface area contributed by atoms with Gasteiger partial charge in [0.1, 0.15) is 24.4 Å². The SMILES string of the molecule is Cc1ccc(NC(=O)C(C(C)c2ccccc2)N2C(=O)N[C@H](c3ccc(OCCO)cc3)C2=O)c(C)c1. The molecule has 8 nitrogen and oxygen atoms in total. The van der Waals surface area contributed by atoms with Crippen LogP contribution in [0, 0.1) is 13.8 Å². The average molecular weight is 502 g/mol. The van der Waals surface area contributed by atoms with Gasteiger partial charge in [0.05, 0.1) is 6.61 Å². The second-order valence-electron chi connectivity index (χ2n) is 9.18. The number of anilines is 1. The number of nitrogens with one attached hydrogen (secondary N) is 2. The van der Waals surface area contributed by atoms with Gasteiger partial charge in [-0.3, -0.25) is 9.59 Å². The first-order valence-electron chi connectivity index (χ1n) is 12.2. The van der Waals surface area contributed by atoms with Crippen LogP contribution >= 0.6 is 0 Å². The Labute approximate surface area is 216 Å². The largest absolute Gasteiger partial charge is 0.491 e. The van der Waals surface area contributed by atoms with Gasteiger partial charge < -0.3 is 20.5 Å². The molecule has 1 aliphatic heterocycles. The van der Waals surface area contributed by atoms with Crippen LogP contribution in [0.1, 0.15) is 41.1 Å². The van der Waals surface area contributed by atoms with E-state index in [4.69, 9.17) is 9.84 Å². The number of hydrogen-bond donors (Lipinski definition) is 3. The van der Waals surface area contributed by atoms with E-state index in [0.717, 1.165) is 21.6 Å². The van der Waals surface area contributed by atoms with E-state index < -0.39 is 35.8 Å². The molecule has 0 aliphatic carbocycles. The molecule has 0 spiro atoms. The number of carbonyl (C=O) groups excluding carboxylic acids is 3.